The lowest BCUT2D eigenvalue weighted by atomic mass is 10.1. The van der Waals surface area contributed by atoms with Gasteiger partial charge in [0.15, 0.2) is 0 Å². The molecule has 0 heterocycles. The fraction of sp³-hybridized carbons (Fsp3) is 0.462. The molecule has 5 heteroatoms. The van der Waals surface area contributed by atoms with E-state index in [0.717, 1.165) is 5.56 Å². The Hall–Kier alpha value is -1.10. The molecular weight excluding hydrogens is 254 g/mol. The van der Waals surface area contributed by atoms with Gasteiger partial charge in [0.1, 0.15) is 0 Å². The number of benzene rings is 1. The highest BCUT2D eigenvalue weighted by Crippen LogP contribution is 2.17. The molecule has 1 aromatic carbocycles. The van der Waals surface area contributed by atoms with E-state index in [1.54, 1.807) is 12.1 Å². The second kappa shape index (κ2) is 8.08. The number of halogens is 1. The predicted molar refractivity (Wildman–Crippen MR) is 71.0 cm³/mol. The SMILES string of the molecule is Cc1ccc(C(=O)NCCCOCCO)c(Cl)c1. The molecule has 0 atom stereocenters. The van der Waals surface area contributed by atoms with Crippen molar-refractivity contribution in [2.24, 2.45) is 0 Å². The number of aliphatic hydroxyl groups excluding tert-OH is 1. The molecule has 18 heavy (non-hydrogen) atoms. The maximum atomic E-state index is 11.8. The first-order valence-corrected chi connectivity index (χ1v) is 6.26. The fourth-order valence-corrected chi connectivity index (χ4v) is 1.76. The average Bonchev–Trinajstić information content (AvgIpc) is 2.33. The van der Waals surface area contributed by atoms with E-state index in [1.165, 1.54) is 0 Å². The third-order valence-corrected chi connectivity index (χ3v) is 2.67. The van der Waals surface area contributed by atoms with Crippen LogP contribution >= 0.6 is 11.6 Å². The van der Waals surface area contributed by atoms with Gasteiger partial charge in [0.2, 0.25) is 0 Å². The molecule has 1 amide bonds. The van der Waals surface area contributed by atoms with Crippen LogP contribution in [0.15, 0.2) is 18.2 Å². The molecule has 0 aliphatic carbocycles. The van der Waals surface area contributed by atoms with Gasteiger partial charge in [-0.2, -0.15) is 0 Å². The van der Waals surface area contributed by atoms with E-state index < -0.39 is 0 Å². The molecule has 0 aliphatic heterocycles. The second-order valence-electron chi connectivity index (χ2n) is 3.93. The van der Waals surface area contributed by atoms with Crippen LogP contribution in [0.25, 0.3) is 0 Å². The van der Waals surface area contributed by atoms with E-state index in [-0.39, 0.29) is 12.5 Å². The molecule has 2 N–H and O–H groups in total. The van der Waals surface area contributed by atoms with Crippen molar-refractivity contribution >= 4 is 17.5 Å². The molecule has 0 saturated heterocycles. The van der Waals surface area contributed by atoms with E-state index in [4.69, 9.17) is 21.4 Å². The zero-order valence-electron chi connectivity index (χ0n) is 10.4. The van der Waals surface area contributed by atoms with Crippen molar-refractivity contribution in [2.75, 3.05) is 26.4 Å². The third kappa shape index (κ3) is 5.04. The summed E-state index contributed by atoms with van der Waals surface area (Å²) in [6.45, 7) is 3.31. The van der Waals surface area contributed by atoms with E-state index in [9.17, 15) is 4.79 Å². The Kier molecular flexibility index (Phi) is 6.72. The van der Waals surface area contributed by atoms with Crippen molar-refractivity contribution in [3.8, 4) is 0 Å². The molecule has 0 radical (unpaired) electrons. The van der Waals surface area contributed by atoms with Gasteiger partial charge in [-0.3, -0.25) is 4.79 Å². The number of ether oxygens (including phenoxy) is 1. The van der Waals surface area contributed by atoms with Crippen LogP contribution in [0.3, 0.4) is 0 Å². The number of aliphatic hydroxyl groups is 1. The van der Waals surface area contributed by atoms with Crippen LogP contribution in [-0.2, 0) is 4.74 Å². The molecule has 0 bridgehead atoms. The van der Waals surface area contributed by atoms with Gasteiger partial charge >= 0.3 is 0 Å². The lowest BCUT2D eigenvalue weighted by molar-refractivity contribution is 0.0867. The topological polar surface area (TPSA) is 58.6 Å². The molecule has 1 aromatic rings. The van der Waals surface area contributed by atoms with Crippen molar-refractivity contribution < 1.29 is 14.6 Å². The number of hydrogen-bond donors (Lipinski definition) is 2. The molecule has 0 saturated carbocycles. The number of amides is 1. The zero-order chi connectivity index (χ0) is 13.4. The molecule has 0 aliphatic rings. The summed E-state index contributed by atoms with van der Waals surface area (Å²) in [5.74, 6) is -0.179. The number of nitrogens with one attached hydrogen (secondary N) is 1. The molecule has 0 spiro atoms. The highest BCUT2D eigenvalue weighted by atomic mass is 35.5. The van der Waals surface area contributed by atoms with Crippen LogP contribution in [0.5, 0.6) is 0 Å². The smallest absolute Gasteiger partial charge is 0.252 e. The maximum Gasteiger partial charge on any atom is 0.252 e. The van der Waals surface area contributed by atoms with Gasteiger partial charge in [0.25, 0.3) is 5.91 Å². The fourth-order valence-electron chi connectivity index (χ4n) is 1.44. The van der Waals surface area contributed by atoms with Crippen molar-refractivity contribution in [3.05, 3.63) is 34.3 Å². The van der Waals surface area contributed by atoms with Crippen molar-refractivity contribution in [1.82, 2.24) is 5.32 Å². The number of carbonyl (C=O) groups excluding carboxylic acids is 1. The maximum absolute atomic E-state index is 11.8. The van der Waals surface area contributed by atoms with E-state index >= 15 is 0 Å². The number of aryl methyl sites for hydroxylation is 1. The molecule has 4 nitrogen and oxygen atoms in total. The van der Waals surface area contributed by atoms with Crippen LogP contribution in [0.1, 0.15) is 22.3 Å². The summed E-state index contributed by atoms with van der Waals surface area (Å²) in [6.07, 6.45) is 0.704. The lowest BCUT2D eigenvalue weighted by Crippen LogP contribution is -2.25. The first kappa shape index (κ1) is 15.0. The Morgan fingerprint density at radius 1 is 1.44 bits per heavy atom. The Bertz CT molecular complexity index is 396. The summed E-state index contributed by atoms with van der Waals surface area (Å²) in [5.41, 5.74) is 1.51. The van der Waals surface area contributed by atoms with Crippen molar-refractivity contribution in [1.29, 1.82) is 0 Å². The Morgan fingerprint density at radius 2 is 2.22 bits per heavy atom. The highest BCUT2D eigenvalue weighted by Gasteiger charge is 2.09. The summed E-state index contributed by atoms with van der Waals surface area (Å²) < 4.78 is 5.08. The third-order valence-electron chi connectivity index (χ3n) is 2.36. The quantitative estimate of drug-likeness (QED) is 0.743. The van der Waals surface area contributed by atoms with E-state index in [1.807, 2.05) is 13.0 Å². The average molecular weight is 272 g/mol. The van der Waals surface area contributed by atoms with Crippen molar-refractivity contribution in [2.45, 2.75) is 13.3 Å². The minimum absolute atomic E-state index is 0.0192. The lowest BCUT2D eigenvalue weighted by Gasteiger charge is -2.07. The van der Waals surface area contributed by atoms with Gasteiger partial charge in [-0.05, 0) is 31.0 Å². The minimum Gasteiger partial charge on any atom is -0.394 e. The van der Waals surface area contributed by atoms with Gasteiger partial charge in [-0.1, -0.05) is 17.7 Å². The largest absolute Gasteiger partial charge is 0.394 e. The molecule has 0 aromatic heterocycles. The second-order valence-corrected chi connectivity index (χ2v) is 4.34. The van der Waals surface area contributed by atoms with Gasteiger partial charge < -0.3 is 15.2 Å². The summed E-state index contributed by atoms with van der Waals surface area (Å²) in [7, 11) is 0. The minimum atomic E-state index is -0.179. The summed E-state index contributed by atoms with van der Waals surface area (Å²) in [5, 5.41) is 11.7. The molecule has 0 unspecified atom stereocenters. The molecule has 0 fully saturated rings. The Balaban J connectivity index is 2.32. The van der Waals surface area contributed by atoms with Gasteiger partial charge in [0.05, 0.1) is 23.8 Å². The van der Waals surface area contributed by atoms with E-state index in [0.29, 0.717) is 36.8 Å². The van der Waals surface area contributed by atoms with E-state index in [2.05, 4.69) is 5.32 Å². The summed E-state index contributed by atoms with van der Waals surface area (Å²) in [4.78, 5) is 11.8. The van der Waals surface area contributed by atoms with Gasteiger partial charge in [-0.25, -0.2) is 0 Å². The molecule has 1 rings (SSSR count). The standard InChI is InChI=1S/C13H18ClNO3/c1-10-3-4-11(12(14)9-10)13(17)15-5-2-7-18-8-6-16/h3-4,9,16H,2,5-8H2,1H3,(H,15,17). The van der Waals surface area contributed by atoms with Crippen molar-refractivity contribution in [3.63, 3.8) is 0 Å². The van der Waals surface area contributed by atoms with Crippen LogP contribution in [0, 0.1) is 6.92 Å². The van der Waals surface area contributed by atoms with Crippen LogP contribution in [0.2, 0.25) is 5.02 Å². The van der Waals surface area contributed by atoms with Crippen LogP contribution < -0.4 is 5.32 Å². The molecule has 100 valence electrons. The summed E-state index contributed by atoms with van der Waals surface area (Å²) >= 11 is 5.99. The van der Waals surface area contributed by atoms with Crippen LogP contribution in [0.4, 0.5) is 0 Å². The predicted octanol–water partition coefficient (Wildman–Crippen LogP) is 1.78. The number of carbonyl (C=O) groups is 1. The number of rotatable bonds is 7. The monoisotopic (exact) mass is 271 g/mol. The Labute approximate surface area is 112 Å². The Morgan fingerprint density at radius 3 is 2.89 bits per heavy atom. The molecular formula is C13H18ClNO3. The van der Waals surface area contributed by atoms with Crippen LogP contribution in [-0.4, -0.2) is 37.4 Å². The highest BCUT2D eigenvalue weighted by molar-refractivity contribution is 6.33. The summed E-state index contributed by atoms with van der Waals surface area (Å²) in [6, 6.07) is 5.33. The first-order chi connectivity index (χ1) is 8.65. The first-order valence-electron chi connectivity index (χ1n) is 5.88. The number of hydrogen-bond acceptors (Lipinski definition) is 3. The van der Waals surface area contributed by atoms with Gasteiger partial charge in [0, 0.05) is 13.2 Å². The van der Waals surface area contributed by atoms with Gasteiger partial charge in [-0.15, -0.1) is 0 Å². The normalized spacial score (nSPS) is 10.4. The zero-order valence-corrected chi connectivity index (χ0v) is 11.2.